The molecule has 1 aromatic heterocycles. The van der Waals surface area contributed by atoms with Gasteiger partial charge in [-0.1, -0.05) is 18.2 Å². The quantitative estimate of drug-likeness (QED) is 0.668. The number of nitrogens with zero attached hydrogens (tertiary/aromatic N) is 2. The number of thioether (sulfide) groups is 1. The molecule has 1 atom stereocenters. The van der Waals surface area contributed by atoms with Gasteiger partial charge in [0.25, 0.3) is 0 Å². The summed E-state index contributed by atoms with van der Waals surface area (Å²) < 4.78 is 5.95. The van der Waals surface area contributed by atoms with E-state index in [0.29, 0.717) is 12.3 Å². The number of amides is 1. The second kappa shape index (κ2) is 8.22. The van der Waals surface area contributed by atoms with Gasteiger partial charge in [0.1, 0.15) is 11.9 Å². The third-order valence-electron chi connectivity index (χ3n) is 4.30. The fourth-order valence-electron chi connectivity index (χ4n) is 2.99. The second-order valence-corrected chi connectivity index (χ2v) is 7.31. The van der Waals surface area contributed by atoms with E-state index in [1.807, 2.05) is 42.5 Å². The predicted molar refractivity (Wildman–Crippen MR) is 106 cm³/mol. The monoisotopic (exact) mass is 377 g/mol. The van der Waals surface area contributed by atoms with Gasteiger partial charge in [-0.2, -0.15) is 0 Å². The lowest BCUT2D eigenvalue weighted by molar-refractivity contribution is -0.118. The first-order valence-corrected chi connectivity index (χ1v) is 9.77. The summed E-state index contributed by atoms with van der Waals surface area (Å²) in [5.74, 6) is 1.30. The molecule has 2 heterocycles. The second-order valence-electron chi connectivity index (χ2n) is 6.26. The van der Waals surface area contributed by atoms with Crippen molar-refractivity contribution in [3.63, 3.8) is 0 Å². The summed E-state index contributed by atoms with van der Waals surface area (Å²) in [7, 11) is 0. The van der Waals surface area contributed by atoms with Crippen molar-refractivity contribution in [2.45, 2.75) is 17.4 Å². The molecule has 6 heteroatoms. The molecule has 5 nitrogen and oxygen atoms in total. The first-order chi connectivity index (χ1) is 13.3. The molecule has 0 fully saturated rings. The normalized spacial score (nSPS) is 15.0. The van der Waals surface area contributed by atoms with E-state index in [0.717, 1.165) is 33.9 Å². The van der Waals surface area contributed by atoms with Gasteiger partial charge >= 0.3 is 0 Å². The van der Waals surface area contributed by atoms with Crippen molar-refractivity contribution >= 4 is 17.7 Å². The minimum Gasteiger partial charge on any atom is -0.488 e. The van der Waals surface area contributed by atoms with Gasteiger partial charge in [-0.3, -0.25) is 14.8 Å². The third-order valence-corrected chi connectivity index (χ3v) is 5.31. The van der Waals surface area contributed by atoms with Gasteiger partial charge < -0.3 is 10.1 Å². The summed E-state index contributed by atoms with van der Waals surface area (Å²) in [5, 5.41) is 2.97. The van der Waals surface area contributed by atoms with Crippen LogP contribution >= 0.6 is 11.8 Å². The molecule has 1 N–H and O–H groups in total. The molecule has 1 aliphatic heterocycles. The van der Waals surface area contributed by atoms with Crippen molar-refractivity contribution < 1.29 is 9.53 Å². The van der Waals surface area contributed by atoms with Crippen LogP contribution in [-0.2, 0) is 11.2 Å². The Labute approximate surface area is 162 Å². The summed E-state index contributed by atoms with van der Waals surface area (Å²) in [5.41, 5.74) is 3.00. The van der Waals surface area contributed by atoms with Crippen molar-refractivity contribution in [3.8, 4) is 17.0 Å². The zero-order valence-corrected chi connectivity index (χ0v) is 15.5. The highest BCUT2D eigenvalue weighted by atomic mass is 32.2. The lowest BCUT2D eigenvalue weighted by atomic mass is 10.0. The molecule has 1 unspecified atom stereocenters. The van der Waals surface area contributed by atoms with Crippen LogP contribution in [0, 0.1) is 0 Å². The van der Waals surface area contributed by atoms with E-state index in [2.05, 4.69) is 21.4 Å². The van der Waals surface area contributed by atoms with E-state index in [1.165, 1.54) is 11.8 Å². The number of carbonyl (C=O) groups is 1. The van der Waals surface area contributed by atoms with Crippen molar-refractivity contribution in [3.05, 3.63) is 72.7 Å². The lowest BCUT2D eigenvalue weighted by Gasteiger charge is -2.11. The zero-order valence-electron chi connectivity index (χ0n) is 14.7. The fourth-order valence-corrected chi connectivity index (χ4v) is 3.74. The molecule has 1 amide bonds. The number of hydrogen-bond donors (Lipinski definition) is 1. The molecule has 0 bridgehead atoms. The molecule has 3 aromatic rings. The average molecular weight is 377 g/mol. The molecule has 1 aliphatic rings. The number of nitrogens with one attached hydrogen (secondary N) is 1. The Balaban J connectivity index is 1.29. The van der Waals surface area contributed by atoms with E-state index < -0.39 is 0 Å². The van der Waals surface area contributed by atoms with Crippen molar-refractivity contribution in [1.29, 1.82) is 0 Å². The minimum atomic E-state index is -0.0391. The van der Waals surface area contributed by atoms with E-state index in [-0.39, 0.29) is 12.0 Å². The van der Waals surface area contributed by atoms with Gasteiger partial charge in [0.05, 0.1) is 24.2 Å². The number of hydrogen-bond acceptors (Lipinski definition) is 5. The highest BCUT2D eigenvalue weighted by Crippen LogP contribution is 2.32. The Morgan fingerprint density at radius 3 is 2.89 bits per heavy atom. The molecule has 0 saturated heterocycles. The molecule has 136 valence electrons. The Bertz CT molecular complexity index is 919. The van der Waals surface area contributed by atoms with Crippen LogP contribution in [0.2, 0.25) is 0 Å². The van der Waals surface area contributed by atoms with E-state index in [1.54, 1.807) is 18.6 Å². The van der Waals surface area contributed by atoms with Crippen LogP contribution in [0.1, 0.15) is 5.56 Å². The minimum absolute atomic E-state index is 0.0173. The maximum atomic E-state index is 12.1. The van der Waals surface area contributed by atoms with Gasteiger partial charge in [-0.15, -0.1) is 11.8 Å². The van der Waals surface area contributed by atoms with Gasteiger partial charge in [-0.05, 0) is 35.9 Å². The summed E-state index contributed by atoms with van der Waals surface area (Å²) in [6.07, 6.45) is 5.83. The van der Waals surface area contributed by atoms with Crippen molar-refractivity contribution in [2.75, 3.05) is 12.3 Å². The molecule has 0 saturated carbocycles. The van der Waals surface area contributed by atoms with Crippen LogP contribution in [0.15, 0.2) is 72.0 Å². The molecule has 27 heavy (non-hydrogen) atoms. The Morgan fingerprint density at radius 2 is 2.07 bits per heavy atom. The number of fused-ring (bicyclic) bond motifs is 1. The number of ether oxygens (including phenoxy) is 1. The first-order valence-electron chi connectivity index (χ1n) is 8.78. The molecule has 2 aromatic carbocycles. The fraction of sp³-hybridized carbons (Fsp3) is 0.190. The number of aromatic nitrogens is 2. The van der Waals surface area contributed by atoms with Crippen LogP contribution < -0.4 is 10.1 Å². The standard InChI is InChI=1S/C21H19N3O2S/c25-21(14-27-18-4-2-1-3-5-18)24-12-17-11-16-10-15(6-7-20(16)26-17)19-13-22-8-9-23-19/h1-10,13,17H,11-12,14H2,(H,24,25). The molecule has 0 radical (unpaired) electrons. The maximum Gasteiger partial charge on any atom is 0.230 e. The molecule has 4 rings (SSSR count). The van der Waals surface area contributed by atoms with Crippen molar-refractivity contribution in [2.24, 2.45) is 0 Å². The summed E-state index contributed by atoms with van der Waals surface area (Å²) >= 11 is 1.53. The van der Waals surface area contributed by atoms with Crippen LogP contribution in [0.3, 0.4) is 0 Å². The number of benzene rings is 2. The van der Waals surface area contributed by atoms with E-state index >= 15 is 0 Å². The maximum absolute atomic E-state index is 12.1. The number of carbonyl (C=O) groups excluding carboxylic acids is 1. The van der Waals surface area contributed by atoms with E-state index in [4.69, 9.17) is 4.74 Å². The highest BCUT2D eigenvalue weighted by Gasteiger charge is 2.23. The van der Waals surface area contributed by atoms with Crippen LogP contribution in [0.25, 0.3) is 11.3 Å². The molecular weight excluding hydrogens is 358 g/mol. The van der Waals surface area contributed by atoms with Crippen LogP contribution in [0.4, 0.5) is 0 Å². The summed E-state index contributed by atoms with van der Waals surface area (Å²) in [6, 6.07) is 16.0. The van der Waals surface area contributed by atoms with Crippen LogP contribution in [-0.4, -0.2) is 34.3 Å². The SMILES string of the molecule is O=C(CSc1ccccc1)NCC1Cc2cc(-c3cnccn3)ccc2O1. The zero-order chi connectivity index (χ0) is 18.5. The van der Waals surface area contributed by atoms with Crippen molar-refractivity contribution in [1.82, 2.24) is 15.3 Å². The van der Waals surface area contributed by atoms with Crippen LogP contribution in [0.5, 0.6) is 5.75 Å². The Kier molecular flexibility index (Phi) is 5.34. The predicted octanol–water partition coefficient (Wildman–Crippen LogP) is 3.36. The Hall–Kier alpha value is -2.86. The van der Waals surface area contributed by atoms with E-state index in [9.17, 15) is 4.79 Å². The smallest absolute Gasteiger partial charge is 0.230 e. The van der Waals surface area contributed by atoms with Gasteiger partial charge in [0, 0.05) is 29.3 Å². The topological polar surface area (TPSA) is 64.1 Å². The first kappa shape index (κ1) is 17.5. The lowest BCUT2D eigenvalue weighted by Crippen LogP contribution is -2.35. The highest BCUT2D eigenvalue weighted by molar-refractivity contribution is 8.00. The molecule has 0 aliphatic carbocycles. The van der Waals surface area contributed by atoms with Gasteiger partial charge in [0.15, 0.2) is 0 Å². The largest absolute Gasteiger partial charge is 0.488 e. The third kappa shape index (κ3) is 4.46. The summed E-state index contributed by atoms with van der Waals surface area (Å²) in [4.78, 5) is 21.6. The average Bonchev–Trinajstić information content (AvgIpc) is 3.14. The number of rotatable bonds is 6. The van der Waals surface area contributed by atoms with Gasteiger partial charge in [-0.25, -0.2) is 0 Å². The molecular formula is C21H19N3O2S. The summed E-state index contributed by atoms with van der Waals surface area (Å²) in [6.45, 7) is 0.503. The van der Waals surface area contributed by atoms with Gasteiger partial charge in [0.2, 0.25) is 5.91 Å². The Morgan fingerprint density at radius 1 is 1.19 bits per heavy atom. The molecule has 0 spiro atoms.